The number of hydrogen-bond donors (Lipinski definition) is 1. The van der Waals surface area contributed by atoms with Crippen molar-refractivity contribution in [3.05, 3.63) is 29.3 Å². The number of nitrogens with one attached hydrogen (secondary N) is 1. The van der Waals surface area contributed by atoms with Gasteiger partial charge in [-0.3, -0.25) is 0 Å². The monoisotopic (exact) mass is 326 g/mol. The topological polar surface area (TPSA) is 58.6 Å². The Balaban J connectivity index is 2.21. The summed E-state index contributed by atoms with van der Waals surface area (Å²) in [4.78, 5) is 0. The molecule has 0 unspecified atom stereocenters. The first-order valence-electron chi connectivity index (χ1n) is 7.74. The molecule has 1 N–H and O–H groups in total. The molecule has 0 fully saturated rings. The molecule has 0 aliphatic heterocycles. The van der Waals surface area contributed by atoms with E-state index < -0.39 is 10.2 Å². The van der Waals surface area contributed by atoms with Crippen LogP contribution in [-0.2, 0) is 16.6 Å². The van der Waals surface area contributed by atoms with Crippen molar-refractivity contribution in [2.75, 3.05) is 20.7 Å². The number of benzene rings is 1. The summed E-state index contributed by atoms with van der Waals surface area (Å²) in [5.41, 5.74) is 2.23. The molecule has 1 aliphatic carbocycles. The van der Waals surface area contributed by atoms with Gasteiger partial charge in [-0.1, -0.05) is 19.9 Å². The van der Waals surface area contributed by atoms with E-state index in [9.17, 15) is 8.42 Å². The fourth-order valence-corrected chi connectivity index (χ4v) is 4.19. The highest BCUT2D eigenvalue weighted by atomic mass is 32.2. The average molecular weight is 326 g/mol. The number of fused-ring (bicyclic) bond motifs is 1. The predicted molar refractivity (Wildman–Crippen MR) is 88.2 cm³/mol. The highest BCUT2D eigenvalue weighted by Crippen LogP contribution is 2.33. The summed E-state index contributed by atoms with van der Waals surface area (Å²) in [6, 6.07) is 5.73. The molecular weight excluding hydrogens is 300 g/mol. The molecular formula is C16H26N2O3S. The second kappa shape index (κ2) is 6.98. The van der Waals surface area contributed by atoms with E-state index in [1.807, 2.05) is 32.0 Å². The lowest BCUT2D eigenvalue weighted by Gasteiger charge is -2.29. The molecule has 0 amide bonds. The van der Waals surface area contributed by atoms with Crippen LogP contribution in [-0.4, -0.2) is 33.4 Å². The van der Waals surface area contributed by atoms with Crippen molar-refractivity contribution in [2.24, 2.45) is 5.92 Å². The summed E-state index contributed by atoms with van der Waals surface area (Å²) >= 11 is 0. The highest BCUT2D eigenvalue weighted by Gasteiger charge is 2.27. The minimum atomic E-state index is -3.47. The zero-order valence-corrected chi connectivity index (χ0v) is 14.6. The molecule has 1 atom stereocenters. The van der Waals surface area contributed by atoms with Crippen molar-refractivity contribution in [3.63, 3.8) is 0 Å². The highest BCUT2D eigenvalue weighted by molar-refractivity contribution is 7.87. The van der Waals surface area contributed by atoms with Crippen LogP contribution in [0.2, 0.25) is 0 Å². The van der Waals surface area contributed by atoms with Crippen LogP contribution in [0.4, 0.5) is 0 Å². The normalized spacial score (nSPS) is 18.5. The van der Waals surface area contributed by atoms with Gasteiger partial charge < -0.3 is 4.74 Å². The van der Waals surface area contributed by atoms with E-state index in [2.05, 4.69) is 4.72 Å². The van der Waals surface area contributed by atoms with Gasteiger partial charge in [0, 0.05) is 19.6 Å². The predicted octanol–water partition coefficient (Wildman–Crippen LogP) is 2.49. The van der Waals surface area contributed by atoms with Gasteiger partial charge in [0.15, 0.2) is 0 Å². The summed E-state index contributed by atoms with van der Waals surface area (Å²) in [5.74, 6) is 1.06. The molecule has 1 aliphatic rings. The molecule has 0 radical (unpaired) electrons. The van der Waals surface area contributed by atoms with E-state index in [0.29, 0.717) is 12.5 Å². The van der Waals surface area contributed by atoms with Crippen LogP contribution in [0.3, 0.4) is 0 Å². The molecule has 124 valence electrons. The fourth-order valence-electron chi connectivity index (χ4n) is 2.91. The number of ether oxygens (including phenoxy) is 1. The smallest absolute Gasteiger partial charge is 0.279 e. The van der Waals surface area contributed by atoms with Gasteiger partial charge >= 0.3 is 0 Å². The number of hydrogen-bond acceptors (Lipinski definition) is 3. The Bertz CT molecular complexity index is 614. The lowest BCUT2D eigenvalue weighted by Crippen LogP contribution is -2.42. The summed E-state index contributed by atoms with van der Waals surface area (Å²) in [6.45, 7) is 4.52. The van der Waals surface area contributed by atoms with Crippen molar-refractivity contribution in [1.82, 2.24) is 9.03 Å². The second-order valence-corrected chi connectivity index (χ2v) is 8.12. The van der Waals surface area contributed by atoms with Gasteiger partial charge in [-0.2, -0.15) is 17.4 Å². The number of methoxy groups -OCH3 is 1. The lowest BCUT2D eigenvalue weighted by atomic mass is 9.88. The fraction of sp³-hybridized carbons (Fsp3) is 0.625. The summed E-state index contributed by atoms with van der Waals surface area (Å²) in [7, 11) is -0.227. The Morgan fingerprint density at radius 2 is 2.14 bits per heavy atom. The molecule has 0 aromatic heterocycles. The van der Waals surface area contributed by atoms with Gasteiger partial charge in [0.2, 0.25) is 0 Å². The van der Waals surface area contributed by atoms with Crippen LogP contribution in [0.1, 0.15) is 43.9 Å². The molecule has 0 saturated heterocycles. The maximum atomic E-state index is 12.5. The number of rotatable bonds is 6. The van der Waals surface area contributed by atoms with Gasteiger partial charge in [-0.25, -0.2) is 0 Å². The molecule has 2 rings (SSSR count). The van der Waals surface area contributed by atoms with Crippen LogP contribution in [0, 0.1) is 5.92 Å². The standard InChI is InChI=1S/C16H26N2O3S/c1-12(2)11-18(3)22(19,20)17-16-7-5-6-13-8-9-14(21-4)10-15(13)16/h8-10,12,16-17H,5-7,11H2,1-4H3/t16-/m0/s1. The summed E-state index contributed by atoms with van der Waals surface area (Å²) in [5, 5.41) is 0. The molecule has 0 spiro atoms. The van der Waals surface area contributed by atoms with Gasteiger partial charge in [-0.15, -0.1) is 0 Å². The van der Waals surface area contributed by atoms with Gasteiger partial charge in [-0.05, 0) is 48.4 Å². The van der Waals surface area contributed by atoms with E-state index in [1.54, 1.807) is 14.2 Å². The van der Waals surface area contributed by atoms with Crippen LogP contribution in [0.15, 0.2) is 18.2 Å². The maximum absolute atomic E-state index is 12.5. The molecule has 0 saturated carbocycles. The Morgan fingerprint density at radius 1 is 1.41 bits per heavy atom. The van der Waals surface area contributed by atoms with Crippen LogP contribution in [0.5, 0.6) is 5.75 Å². The van der Waals surface area contributed by atoms with Crippen LogP contribution in [0.25, 0.3) is 0 Å². The zero-order valence-electron chi connectivity index (χ0n) is 13.8. The number of aryl methyl sites for hydroxylation is 1. The van der Waals surface area contributed by atoms with Crippen LogP contribution >= 0.6 is 0 Å². The maximum Gasteiger partial charge on any atom is 0.279 e. The third kappa shape index (κ3) is 4.00. The zero-order chi connectivity index (χ0) is 16.3. The minimum absolute atomic E-state index is 0.182. The second-order valence-electron chi connectivity index (χ2n) is 6.31. The van der Waals surface area contributed by atoms with Gasteiger partial charge in [0.05, 0.1) is 7.11 Å². The van der Waals surface area contributed by atoms with Gasteiger partial charge in [0.25, 0.3) is 10.2 Å². The van der Waals surface area contributed by atoms with E-state index >= 15 is 0 Å². The van der Waals surface area contributed by atoms with Gasteiger partial charge in [0.1, 0.15) is 5.75 Å². The van der Waals surface area contributed by atoms with Crippen molar-refractivity contribution >= 4 is 10.2 Å². The van der Waals surface area contributed by atoms with Crippen LogP contribution < -0.4 is 9.46 Å². The summed E-state index contributed by atoms with van der Waals surface area (Å²) < 4.78 is 34.5. The Labute approximate surface area is 133 Å². The first-order valence-corrected chi connectivity index (χ1v) is 9.18. The first-order chi connectivity index (χ1) is 10.3. The molecule has 0 heterocycles. The van der Waals surface area contributed by atoms with Crippen molar-refractivity contribution in [2.45, 2.75) is 39.2 Å². The average Bonchev–Trinajstić information content (AvgIpc) is 2.46. The Hall–Kier alpha value is -1.11. The molecule has 22 heavy (non-hydrogen) atoms. The Morgan fingerprint density at radius 3 is 2.77 bits per heavy atom. The molecule has 6 heteroatoms. The molecule has 0 bridgehead atoms. The van der Waals surface area contributed by atoms with Crippen molar-refractivity contribution < 1.29 is 13.2 Å². The SMILES string of the molecule is COc1ccc2c(c1)[C@@H](NS(=O)(=O)N(C)CC(C)C)CCC2. The van der Waals surface area contributed by atoms with E-state index in [1.165, 1.54) is 9.87 Å². The minimum Gasteiger partial charge on any atom is -0.497 e. The third-order valence-corrected chi connectivity index (χ3v) is 5.54. The quantitative estimate of drug-likeness (QED) is 0.874. The van der Waals surface area contributed by atoms with E-state index in [0.717, 1.165) is 30.6 Å². The van der Waals surface area contributed by atoms with E-state index in [-0.39, 0.29) is 6.04 Å². The number of nitrogens with zero attached hydrogens (tertiary/aromatic N) is 1. The largest absolute Gasteiger partial charge is 0.497 e. The third-order valence-electron chi connectivity index (χ3n) is 3.99. The van der Waals surface area contributed by atoms with E-state index in [4.69, 9.17) is 4.74 Å². The van der Waals surface area contributed by atoms with Crippen molar-refractivity contribution in [1.29, 1.82) is 0 Å². The molecule has 5 nitrogen and oxygen atoms in total. The first kappa shape index (κ1) is 17.2. The van der Waals surface area contributed by atoms with Crippen molar-refractivity contribution in [3.8, 4) is 5.75 Å². The lowest BCUT2D eigenvalue weighted by molar-refractivity contribution is 0.396. The molecule has 1 aromatic carbocycles. The summed E-state index contributed by atoms with van der Waals surface area (Å²) in [6.07, 6.45) is 2.79. The molecule has 1 aromatic rings. The Kier molecular flexibility index (Phi) is 5.47.